The molecule has 0 atom stereocenters. The maximum atomic E-state index is 5.13. The number of para-hydroxylation sites is 5. The van der Waals surface area contributed by atoms with E-state index in [9.17, 15) is 0 Å². The van der Waals surface area contributed by atoms with Crippen LogP contribution in [0.2, 0.25) is 0 Å². The smallest absolute Gasteiger partial charge is 0.200 e. The largest absolute Gasteiger partial charge is 0.349 e. The van der Waals surface area contributed by atoms with E-state index in [4.69, 9.17) is 15.0 Å². The first kappa shape index (κ1) is 28.4. The summed E-state index contributed by atoms with van der Waals surface area (Å²) in [7, 11) is 16.0. The summed E-state index contributed by atoms with van der Waals surface area (Å²) in [6, 6.07) is 26.9. The summed E-state index contributed by atoms with van der Waals surface area (Å²) in [6.07, 6.45) is 0. The molecule has 40 heavy (non-hydrogen) atoms. The van der Waals surface area contributed by atoms with E-state index < -0.39 is 0 Å². The number of aryl methyl sites for hydroxylation is 1. The van der Waals surface area contributed by atoms with Crippen molar-refractivity contribution >= 4 is 51.3 Å². The highest BCUT2D eigenvalue weighted by atomic mass is 15.3. The van der Waals surface area contributed by atoms with Crippen LogP contribution in [0.25, 0.3) is 10.9 Å². The summed E-state index contributed by atoms with van der Waals surface area (Å²) in [4.78, 5) is 25.6. The third kappa shape index (κ3) is 6.01. The fourth-order valence-electron chi connectivity index (χ4n) is 4.71. The number of rotatable bonds is 5. The summed E-state index contributed by atoms with van der Waals surface area (Å²) in [5, 5.41) is 1.07. The summed E-state index contributed by atoms with van der Waals surface area (Å²) in [6.45, 7) is 2.03. The van der Waals surface area contributed by atoms with Crippen molar-refractivity contribution in [1.29, 1.82) is 0 Å². The Labute approximate surface area is 238 Å². The molecule has 0 aliphatic rings. The van der Waals surface area contributed by atoms with Gasteiger partial charge in [-0.3, -0.25) is 4.98 Å². The highest BCUT2D eigenvalue weighted by molar-refractivity contribution is 6.00. The van der Waals surface area contributed by atoms with Crippen LogP contribution >= 0.6 is 0 Å². The number of aliphatic imine (C=N–C) groups is 2. The zero-order chi connectivity index (χ0) is 29.0. The molecule has 0 saturated carbocycles. The number of nitrogens with zero attached hydrogens (tertiary/aromatic N) is 8. The van der Waals surface area contributed by atoms with Crippen molar-refractivity contribution in [3.8, 4) is 0 Å². The van der Waals surface area contributed by atoms with Gasteiger partial charge < -0.3 is 24.5 Å². The molecule has 1 heterocycles. The third-order valence-corrected chi connectivity index (χ3v) is 6.37. The minimum Gasteiger partial charge on any atom is -0.349 e. The summed E-state index contributed by atoms with van der Waals surface area (Å²) < 4.78 is 0. The quantitative estimate of drug-likeness (QED) is 0.223. The molecule has 8 nitrogen and oxygen atoms in total. The third-order valence-electron chi connectivity index (χ3n) is 6.37. The molecule has 4 rings (SSSR count). The summed E-state index contributed by atoms with van der Waals surface area (Å²) in [5.74, 6) is 1.68. The molecule has 0 aliphatic heterocycles. The molecule has 0 unspecified atom stereocenters. The molecule has 0 spiro atoms. The van der Waals surface area contributed by atoms with Gasteiger partial charge in [-0.15, -0.1) is 0 Å². The minimum absolute atomic E-state index is 0.837. The van der Waals surface area contributed by atoms with Crippen LogP contribution in [-0.2, 0) is 0 Å². The molecule has 208 valence electrons. The van der Waals surface area contributed by atoms with Crippen LogP contribution in [0, 0.1) is 6.92 Å². The lowest BCUT2D eigenvalue weighted by molar-refractivity contribution is 0.484. The van der Waals surface area contributed by atoms with E-state index in [-0.39, 0.29) is 0 Å². The van der Waals surface area contributed by atoms with Crippen molar-refractivity contribution in [2.24, 2.45) is 9.98 Å². The van der Waals surface area contributed by atoms with Gasteiger partial charge in [-0.05, 0) is 43.3 Å². The standard InChI is InChI=1S/C32H40N8/c1-23-21-22-24-15-14-20-29(30(24)33-23)40(27-18-12-10-16-25(27)34-31(36(2)3)37(4)5)28-19-13-11-17-26(28)35-32(38(6)7)39(8)9/h10-22H,1-9H3. The lowest BCUT2D eigenvalue weighted by atomic mass is 10.1. The maximum Gasteiger partial charge on any atom is 0.200 e. The van der Waals surface area contributed by atoms with Gasteiger partial charge in [0, 0.05) is 67.5 Å². The Balaban J connectivity index is 2.09. The number of benzene rings is 3. The van der Waals surface area contributed by atoms with Crippen molar-refractivity contribution in [1.82, 2.24) is 24.6 Å². The van der Waals surface area contributed by atoms with Crippen molar-refractivity contribution in [3.05, 3.63) is 84.6 Å². The molecule has 0 saturated heterocycles. The number of guanidine groups is 2. The van der Waals surface area contributed by atoms with E-state index in [1.165, 1.54) is 0 Å². The van der Waals surface area contributed by atoms with E-state index in [0.717, 1.165) is 57.0 Å². The number of pyridine rings is 1. The van der Waals surface area contributed by atoms with Gasteiger partial charge in [0.25, 0.3) is 0 Å². The Morgan fingerprint density at radius 2 is 0.975 bits per heavy atom. The molecule has 8 heteroatoms. The van der Waals surface area contributed by atoms with Crippen molar-refractivity contribution in [2.45, 2.75) is 6.92 Å². The van der Waals surface area contributed by atoms with Crippen LogP contribution in [0.15, 0.2) is 88.8 Å². The first-order chi connectivity index (χ1) is 19.1. The predicted octanol–water partition coefficient (Wildman–Crippen LogP) is 6.23. The molecule has 0 fully saturated rings. The fraction of sp³-hybridized carbons (Fsp3) is 0.281. The topological polar surface area (TPSA) is 53.8 Å². The second-order valence-electron chi connectivity index (χ2n) is 10.5. The Bertz CT molecular complexity index is 1440. The van der Waals surface area contributed by atoms with Crippen LogP contribution in [-0.4, -0.2) is 92.9 Å². The number of hydrogen-bond acceptors (Lipinski definition) is 4. The first-order valence-corrected chi connectivity index (χ1v) is 13.3. The Hall–Kier alpha value is -4.59. The molecule has 1 aromatic heterocycles. The van der Waals surface area contributed by atoms with Gasteiger partial charge >= 0.3 is 0 Å². The molecule has 0 N–H and O–H groups in total. The minimum atomic E-state index is 0.837. The molecule has 0 aliphatic carbocycles. The lowest BCUT2D eigenvalue weighted by Gasteiger charge is -2.30. The zero-order valence-corrected chi connectivity index (χ0v) is 25.1. The van der Waals surface area contributed by atoms with Crippen LogP contribution in [0.5, 0.6) is 0 Å². The van der Waals surface area contributed by atoms with Crippen molar-refractivity contribution in [3.63, 3.8) is 0 Å². The van der Waals surface area contributed by atoms with Gasteiger partial charge in [0.15, 0.2) is 0 Å². The number of hydrogen-bond donors (Lipinski definition) is 0. The van der Waals surface area contributed by atoms with E-state index in [1.807, 2.05) is 113 Å². The second-order valence-corrected chi connectivity index (χ2v) is 10.5. The lowest BCUT2D eigenvalue weighted by Crippen LogP contribution is -2.35. The van der Waals surface area contributed by atoms with E-state index in [1.54, 1.807) is 0 Å². The number of anilines is 3. The maximum absolute atomic E-state index is 5.13. The molecule has 0 amide bonds. The van der Waals surface area contributed by atoms with E-state index in [0.29, 0.717) is 0 Å². The van der Waals surface area contributed by atoms with Crippen molar-refractivity contribution in [2.75, 3.05) is 61.3 Å². The second kappa shape index (κ2) is 12.1. The molecular formula is C32H40N8. The first-order valence-electron chi connectivity index (χ1n) is 13.3. The van der Waals surface area contributed by atoms with Gasteiger partial charge in [-0.2, -0.15) is 0 Å². The molecular weight excluding hydrogens is 496 g/mol. The van der Waals surface area contributed by atoms with E-state index >= 15 is 0 Å². The highest BCUT2D eigenvalue weighted by Crippen LogP contribution is 2.46. The predicted molar refractivity (Wildman–Crippen MR) is 170 cm³/mol. The highest BCUT2D eigenvalue weighted by Gasteiger charge is 2.22. The zero-order valence-electron chi connectivity index (χ0n) is 25.1. The van der Waals surface area contributed by atoms with Crippen LogP contribution < -0.4 is 4.90 Å². The fourth-order valence-corrected chi connectivity index (χ4v) is 4.71. The Kier molecular flexibility index (Phi) is 8.58. The number of fused-ring (bicyclic) bond motifs is 1. The molecule has 4 aromatic rings. The van der Waals surface area contributed by atoms with Crippen LogP contribution in [0.1, 0.15) is 5.69 Å². The van der Waals surface area contributed by atoms with Gasteiger partial charge in [-0.1, -0.05) is 42.5 Å². The average Bonchev–Trinajstić information content (AvgIpc) is 2.91. The SMILES string of the molecule is Cc1ccc2cccc(N(c3ccccc3N=C(N(C)C)N(C)C)c3ccccc3N=C(N(C)C)N(C)C)c2n1. The molecule has 3 aromatic carbocycles. The van der Waals surface area contributed by atoms with Gasteiger partial charge in [-0.25, -0.2) is 9.98 Å². The van der Waals surface area contributed by atoms with E-state index in [2.05, 4.69) is 53.4 Å². The monoisotopic (exact) mass is 536 g/mol. The van der Waals surface area contributed by atoms with Gasteiger partial charge in [0.1, 0.15) is 0 Å². The van der Waals surface area contributed by atoms with Gasteiger partial charge in [0.2, 0.25) is 11.9 Å². The molecule has 0 bridgehead atoms. The summed E-state index contributed by atoms with van der Waals surface area (Å²) in [5.41, 5.74) is 6.37. The summed E-state index contributed by atoms with van der Waals surface area (Å²) >= 11 is 0. The normalized spacial score (nSPS) is 10.6. The van der Waals surface area contributed by atoms with Crippen molar-refractivity contribution < 1.29 is 0 Å². The Morgan fingerprint density at radius 3 is 1.45 bits per heavy atom. The van der Waals surface area contributed by atoms with Gasteiger partial charge in [0.05, 0.1) is 34.0 Å². The van der Waals surface area contributed by atoms with Crippen LogP contribution in [0.3, 0.4) is 0 Å². The number of aromatic nitrogens is 1. The Morgan fingerprint density at radius 1 is 0.525 bits per heavy atom. The average molecular weight is 537 g/mol. The molecule has 0 radical (unpaired) electrons. The van der Waals surface area contributed by atoms with Crippen LogP contribution in [0.4, 0.5) is 28.4 Å².